The second kappa shape index (κ2) is 6.87. The van der Waals surface area contributed by atoms with Crippen LogP contribution in [0.1, 0.15) is 21.5 Å². The summed E-state index contributed by atoms with van der Waals surface area (Å²) in [6, 6.07) is 7.59. The van der Waals surface area contributed by atoms with Crippen LogP contribution in [0.2, 0.25) is 0 Å². The summed E-state index contributed by atoms with van der Waals surface area (Å²) in [6.45, 7) is -0.122. The van der Waals surface area contributed by atoms with Crippen molar-refractivity contribution in [3.8, 4) is 11.6 Å². The van der Waals surface area contributed by atoms with Gasteiger partial charge in [-0.3, -0.25) is 4.79 Å². The van der Waals surface area contributed by atoms with E-state index < -0.39 is 17.6 Å². The quantitative estimate of drug-likeness (QED) is 0.748. The number of alkyl halides is 3. The standard InChI is InChI=1S/C17H13F3N4O2/c18-17(19,20)12-4-1-3-11(7-12)9-22-16(26)13-10-21-15(8-14(13)25)24-6-2-5-23-24/h1-8,10H,9H2,(H,21,25)(H,22,26). The highest BCUT2D eigenvalue weighted by molar-refractivity contribution is 5.96. The molecule has 2 heterocycles. The van der Waals surface area contributed by atoms with Crippen LogP contribution in [0.25, 0.3) is 5.82 Å². The van der Waals surface area contributed by atoms with Crippen molar-refractivity contribution in [1.82, 2.24) is 20.1 Å². The molecule has 0 saturated heterocycles. The first-order valence-corrected chi connectivity index (χ1v) is 7.48. The van der Waals surface area contributed by atoms with Crippen LogP contribution >= 0.6 is 0 Å². The molecule has 1 aromatic carbocycles. The smallest absolute Gasteiger partial charge is 0.416 e. The number of nitrogens with zero attached hydrogens (tertiary/aromatic N) is 3. The summed E-state index contributed by atoms with van der Waals surface area (Å²) in [6.07, 6.45) is -0.123. The van der Waals surface area contributed by atoms with Crippen molar-refractivity contribution in [2.45, 2.75) is 12.7 Å². The minimum Gasteiger partial charge on any atom is -0.507 e. The van der Waals surface area contributed by atoms with Gasteiger partial charge in [-0.1, -0.05) is 12.1 Å². The van der Waals surface area contributed by atoms with Gasteiger partial charge in [-0.25, -0.2) is 9.67 Å². The molecule has 3 aromatic rings. The van der Waals surface area contributed by atoms with Crippen LogP contribution in [-0.2, 0) is 12.7 Å². The Kier molecular flexibility index (Phi) is 4.61. The summed E-state index contributed by atoms with van der Waals surface area (Å²) in [4.78, 5) is 16.2. The van der Waals surface area contributed by atoms with Crippen LogP contribution in [0.4, 0.5) is 13.2 Å². The van der Waals surface area contributed by atoms with Gasteiger partial charge in [-0.2, -0.15) is 18.3 Å². The number of nitrogens with one attached hydrogen (secondary N) is 1. The summed E-state index contributed by atoms with van der Waals surface area (Å²) in [7, 11) is 0. The highest BCUT2D eigenvalue weighted by Gasteiger charge is 2.30. The van der Waals surface area contributed by atoms with Crippen LogP contribution in [0.5, 0.6) is 5.75 Å². The molecule has 0 atom stereocenters. The van der Waals surface area contributed by atoms with Gasteiger partial charge in [0.15, 0.2) is 5.82 Å². The van der Waals surface area contributed by atoms with Crippen molar-refractivity contribution in [1.29, 1.82) is 0 Å². The van der Waals surface area contributed by atoms with Gasteiger partial charge in [-0.05, 0) is 23.8 Å². The Bertz CT molecular complexity index is 924. The fourth-order valence-corrected chi connectivity index (χ4v) is 2.27. The zero-order chi connectivity index (χ0) is 18.7. The van der Waals surface area contributed by atoms with Gasteiger partial charge in [0.1, 0.15) is 5.75 Å². The van der Waals surface area contributed by atoms with Gasteiger partial charge in [-0.15, -0.1) is 0 Å². The van der Waals surface area contributed by atoms with E-state index in [1.165, 1.54) is 35.3 Å². The molecule has 0 bridgehead atoms. The third kappa shape index (κ3) is 3.82. The predicted octanol–water partition coefficient (Wildman–Crippen LogP) is 2.92. The highest BCUT2D eigenvalue weighted by atomic mass is 19.4. The zero-order valence-corrected chi connectivity index (χ0v) is 13.2. The molecule has 6 nitrogen and oxygen atoms in total. The Morgan fingerprint density at radius 1 is 1.23 bits per heavy atom. The maximum Gasteiger partial charge on any atom is 0.416 e. The number of carbonyl (C=O) groups excluding carboxylic acids is 1. The fourth-order valence-electron chi connectivity index (χ4n) is 2.27. The highest BCUT2D eigenvalue weighted by Crippen LogP contribution is 2.29. The Morgan fingerprint density at radius 3 is 2.69 bits per heavy atom. The number of amides is 1. The minimum atomic E-state index is -4.45. The first-order valence-electron chi connectivity index (χ1n) is 7.48. The topological polar surface area (TPSA) is 80.0 Å². The monoisotopic (exact) mass is 362 g/mol. The Hall–Kier alpha value is -3.36. The largest absolute Gasteiger partial charge is 0.507 e. The van der Waals surface area contributed by atoms with E-state index >= 15 is 0 Å². The minimum absolute atomic E-state index is 0.0899. The van der Waals surface area contributed by atoms with Gasteiger partial charge >= 0.3 is 6.18 Å². The third-order valence-electron chi connectivity index (χ3n) is 3.56. The third-order valence-corrected chi connectivity index (χ3v) is 3.56. The number of hydrogen-bond acceptors (Lipinski definition) is 4. The Balaban J connectivity index is 1.71. The molecule has 3 rings (SSSR count). The molecule has 0 spiro atoms. The van der Waals surface area contributed by atoms with E-state index in [1.54, 1.807) is 12.3 Å². The van der Waals surface area contributed by atoms with Gasteiger partial charge < -0.3 is 10.4 Å². The molecule has 0 aliphatic carbocycles. The Morgan fingerprint density at radius 2 is 2.04 bits per heavy atom. The number of rotatable bonds is 4. The van der Waals surface area contributed by atoms with Crippen molar-refractivity contribution in [2.24, 2.45) is 0 Å². The molecule has 0 saturated carbocycles. The molecule has 9 heteroatoms. The van der Waals surface area contributed by atoms with Crippen molar-refractivity contribution >= 4 is 5.91 Å². The van der Waals surface area contributed by atoms with Crippen LogP contribution in [-0.4, -0.2) is 25.8 Å². The van der Waals surface area contributed by atoms with Gasteiger partial charge in [0.05, 0.1) is 11.1 Å². The first kappa shape index (κ1) is 17.5. The van der Waals surface area contributed by atoms with E-state index in [0.717, 1.165) is 12.1 Å². The number of benzene rings is 1. The normalized spacial score (nSPS) is 11.3. The van der Waals surface area contributed by atoms with Crippen LogP contribution in [0, 0.1) is 0 Å². The fraction of sp³-hybridized carbons (Fsp3) is 0.118. The SMILES string of the molecule is O=C(NCc1cccc(C(F)(F)F)c1)c1cnc(-n2cccn2)cc1O. The summed E-state index contributed by atoms with van der Waals surface area (Å²) in [5.74, 6) is -0.645. The maximum atomic E-state index is 12.7. The molecule has 0 unspecified atom stereocenters. The molecule has 2 aromatic heterocycles. The van der Waals surface area contributed by atoms with Crippen molar-refractivity contribution < 1.29 is 23.1 Å². The van der Waals surface area contributed by atoms with E-state index in [0.29, 0.717) is 5.82 Å². The maximum absolute atomic E-state index is 12.7. The molecule has 0 aliphatic heterocycles. The number of hydrogen-bond donors (Lipinski definition) is 2. The molecule has 0 aliphatic rings. The molecule has 0 radical (unpaired) electrons. The first-order chi connectivity index (χ1) is 12.3. The lowest BCUT2D eigenvalue weighted by Gasteiger charge is -2.10. The van der Waals surface area contributed by atoms with E-state index in [1.807, 2.05) is 0 Å². The Labute approximate surface area is 145 Å². The summed E-state index contributed by atoms with van der Waals surface area (Å²) in [5, 5.41) is 16.4. The van der Waals surface area contributed by atoms with Gasteiger partial charge in [0.2, 0.25) is 0 Å². The van der Waals surface area contributed by atoms with Crippen molar-refractivity contribution in [2.75, 3.05) is 0 Å². The number of aromatic hydroxyl groups is 1. The lowest BCUT2D eigenvalue weighted by molar-refractivity contribution is -0.137. The van der Waals surface area contributed by atoms with E-state index in [-0.39, 0.29) is 23.4 Å². The summed E-state index contributed by atoms with van der Waals surface area (Å²) < 4.78 is 39.5. The van der Waals surface area contributed by atoms with Gasteiger partial charge in [0, 0.05) is 31.2 Å². The number of carbonyl (C=O) groups is 1. The molecule has 26 heavy (non-hydrogen) atoms. The zero-order valence-electron chi connectivity index (χ0n) is 13.2. The molecular weight excluding hydrogens is 349 g/mol. The van der Waals surface area contributed by atoms with Crippen LogP contribution in [0.15, 0.2) is 55.0 Å². The molecule has 2 N–H and O–H groups in total. The lowest BCUT2D eigenvalue weighted by Crippen LogP contribution is -2.23. The number of halogens is 3. The van der Waals surface area contributed by atoms with Crippen molar-refractivity contribution in [3.63, 3.8) is 0 Å². The van der Waals surface area contributed by atoms with Crippen LogP contribution < -0.4 is 5.32 Å². The molecular formula is C17H13F3N4O2. The second-order valence-electron chi connectivity index (χ2n) is 5.39. The average molecular weight is 362 g/mol. The second-order valence-corrected chi connectivity index (χ2v) is 5.39. The van der Waals surface area contributed by atoms with Crippen LogP contribution in [0.3, 0.4) is 0 Å². The molecule has 0 fully saturated rings. The van der Waals surface area contributed by atoms with Gasteiger partial charge in [0.25, 0.3) is 5.91 Å². The number of pyridine rings is 1. The number of aromatic nitrogens is 3. The molecule has 134 valence electrons. The summed E-state index contributed by atoms with van der Waals surface area (Å²) in [5.41, 5.74) is -0.598. The van der Waals surface area contributed by atoms with E-state index in [2.05, 4.69) is 15.4 Å². The predicted molar refractivity (Wildman–Crippen MR) is 85.6 cm³/mol. The van der Waals surface area contributed by atoms with E-state index in [4.69, 9.17) is 0 Å². The van der Waals surface area contributed by atoms with E-state index in [9.17, 15) is 23.1 Å². The average Bonchev–Trinajstić information content (AvgIpc) is 3.14. The summed E-state index contributed by atoms with van der Waals surface area (Å²) >= 11 is 0. The molecule has 1 amide bonds. The lowest BCUT2D eigenvalue weighted by atomic mass is 10.1. The van der Waals surface area contributed by atoms with Crippen molar-refractivity contribution in [3.05, 3.63) is 71.7 Å².